The molecule has 2 aliphatic heterocycles. The Morgan fingerprint density at radius 3 is 2.09 bits per heavy atom. The lowest BCUT2D eigenvalue weighted by atomic mass is 9.80. The van der Waals surface area contributed by atoms with Gasteiger partial charge in [0.15, 0.2) is 5.72 Å². The van der Waals surface area contributed by atoms with Gasteiger partial charge in [0, 0.05) is 11.8 Å². The average Bonchev–Trinajstić information content (AvgIpc) is 3.18. The van der Waals surface area contributed by atoms with Crippen LogP contribution in [0.1, 0.15) is 40.0 Å². The molecule has 0 bridgehead atoms. The number of rotatable bonds is 7. The van der Waals surface area contributed by atoms with E-state index in [1.54, 1.807) is 0 Å². The Labute approximate surface area is 189 Å². The second-order valence-corrected chi connectivity index (χ2v) is 6.88. The predicted molar refractivity (Wildman–Crippen MR) is 112 cm³/mol. The van der Waals surface area contributed by atoms with Crippen molar-refractivity contribution < 1.29 is 38.4 Å². The van der Waals surface area contributed by atoms with E-state index in [-0.39, 0.29) is 37.6 Å². The smallest absolute Gasteiger partial charge is 0.309 e. The molecule has 2 aliphatic rings. The lowest BCUT2D eigenvalue weighted by Crippen LogP contribution is -2.58. The number of nitrogens with zero attached hydrogens (tertiary/aromatic N) is 2. The highest BCUT2D eigenvalue weighted by Crippen LogP contribution is 2.49. The largest absolute Gasteiger partial charge is 0.481 e. The van der Waals surface area contributed by atoms with Gasteiger partial charge in [-0.3, -0.25) is 9.59 Å². The third-order valence-electron chi connectivity index (χ3n) is 5.16. The Bertz CT molecular complexity index is 636. The van der Waals surface area contributed by atoms with Gasteiger partial charge < -0.3 is 40.3 Å². The van der Waals surface area contributed by atoms with Crippen molar-refractivity contribution in [1.29, 1.82) is 10.5 Å². The molecule has 2 saturated heterocycles. The summed E-state index contributed by atoms with van der Waals surface area (Å²) in [6, 6.07) is 0. The molecule has 0 saturated carbocycles. The molecule has 0 aromatic carbocycles. The lowest BCUT2D eigenvalue weighted by molar-refractivity contribution is -0.141. The minimum Gasteiger partial charge on any atom is -0.481 e. The van der Waals surface area contributed by atoms with Crippen LogP contribution in [0.4, 0.5) is 0 Å². The number of carbonyl (C=O) groups excluding carboxylic acids is 1. The van der Waals surface area contributed by atoms with Crippen molar-refractivity contribution in [2.45, 2.75) is 51.4 Å². The van der Waals surface area contributed by atoms with Crippen LogP contribution >= 0.6 is 0 Å². The SMILES string of the molecule is CCC1COC2(C)C(C)COC12N.CN.COC(=O)CCOC#N.N#COCCC(=O)O. The number of hydrogen-bond donors (Lipinski definition) is 3. The van der Waals surface area contributed by atoms with E-state index in [2.05, 4.69) is 40.7 Å². The zero-order valence-corrected chi connectivity index (χ0v) is 19.5. The normalized spacial score (nSPS) is 26.7. The molecule has 2 heterocycles. The Hall–Kier alpha value is -2.64. The Balaban J connectivity index is 0. The van der Waals surface area contributed by atoms with Crippen molar-refractivity contribution in [1.82, 2.24) is 0 Å². The molecule has 12 heteroatoms. The maximum absolute atomic E-state index is 10.3. The first-order chi connectivity index (χ1) is 15.1. The zero-order valence-electron chi connectivity index (χ0n) is 19.5. The topological polar surface area (TPSA) is 200 Å². The molecule has 0 aromatic rings. The van der Waals surface area contributed by atoms with Gasteiger partial charge in [-0.2, -0.15) is 10.5 Å². The maximum atomic E-state index is 10.3. The van der Waals surface area contributed by atoms with E-state index < -0.39 is 11.7 Å². The number of esters is 1. The summed E-state index contributed by atoms with van der Waals surface area (Å²) in [7, 11) is 2.79. The molecular formula is C20H36N4O8. The summed E-state index contributed by atoms with van der Waals surface area (Å²) < 4.78 is 24.1. The Morgan fingerprint density at radius 1 is 1.12 bits per heavy atom. The minimum atomic E-state index is -0.958. The van der Waals surface area contributed by atoms with Gasteiger partial charge in [0.1, 0.15) is 18.8 Å². The van der Waals surface area contributed by atoms with Crippen molar-refractivity contribution >= 4 is 11.9 Å². The number of aliphatic carboxylic acids is 1. The monoisotopic (exact) mass is 460 g/mol. The molecule has 4 unspecified atom stereocenters. The average molecular weight is 461 g/mol. The highest BCUT2D eigenvalue weighted by molar-refractivity contribution is 5.69. The van der Waals surface area contributed by atoms with E-state index in [9.17, 15) is 9.59 Å². The van der Waals surface area contributed by atoms with Gasteiger partial charge in [-0.25, -0.2) is 0 Å². The molecule has 2 rings (SSSR count). The number of ether oxygens (including phenoxy) is 5. The molecule has 2 fully saturated rings. The zero-order chi connectivity index (χ0) is 25.2. The number of fused-ring (bicyclic) bond motifs is 1. The first kappa shape index (κ1) is 31.5. The van der Waals surface area contributed by atoms with Crippen LogP contribution in [0.25, 0.3) is 0 Å². The quantitative estimate of drug-likeness (QED) is 0.273. The number of nitrogens with two attached hydrogens (primary N) is 2. The second kappa shape index (κ2) is 17.0. The van der Waals surface area contributed by atoms with Crippen LogP contribution in [0.5, 0.6) is 0 Å². The highest BCUT2D eigenvalue weighted by atomic mass is 16.6. The summed E-state index contributed by atoms with van der Waals surface area (Å²) in [5, 5.41) is 23.5. The van der Waals surface area contributed by atoms with Crippen molar-refractivity contribution in [3.63, 3.8) is 0 Å². The molecule has 12 nitrogen and oxygen atoms in total. The second-order valence-electron chi connectivity index (χ2n) is 6.88. The number of hydrogen-bond acceptors (Lipinski definition) is 11. The van der Waals surface area contributed by atoms with Crippen LogP contribution in [0, 0.1) is 34.9 Å². The van der Waals surface area contributed by atoms with Gasteiger partial charge >= 0.3 is 11.9 Å². The molecule has 184 valence electrons. The summed E-state index contributed by atoms with van der Waals surface area (Å²) in [6.07, 6.45) is 3.84. The summed E-state index contributed by atoms with van der Waals surface area (Å²) in [6.45, 7) is 7.90. The summed E-state index contributed by atoms with van der Waals surface area (Å²) in [4.78, 5) is 20.0. The first-order valence-electron chi connectivity index (χ1n) is 10.1. The van der Waals surface area contributed by atoms with Gasteiger partial charge in [-0.05, 0) is 20.4 Å². The van der Waals surface area contributed by atoms with E-state index in [0.29, 0.717) is 11.8 Å². The predicted octanol–water partition coefficient (Wildman–Crippen LogP) is 0.704. The molecule has 0 aliphatic carbocycles. The van der Waals surface area contributed by atoms with Gasteiger partial charge in [0.25, 0.3) is 12.5 Å². The van der Waals surface area contributed by atoms with Crippen LogP contribution in [0.3, 0.4) is 0 Å². The van der Waals surface area contributed by atoms with Crippen LogP contribution < -0.4 is 11.5 Å². The molecule has 4 atom stereocenters. The molecule has 0 radical (unpaired) electrons. The standard InChI is InChI=1S/C10H19NO2.C5H7NO3.C4H5NO3.CH5N/c1-4-8-6-12-9(3)7(2)5-13-10(8,9)11;1-8-5(7)2-3-9-4-6;5-3-8-2-1-4(6)7;1-2/h7-8H,4-6,11H2,1-3H3;2-3H2,1H3;1-2H2,(H,6,7);2H2,1H3. The molecule has 32 heavy (non-hydrogen) atoms. The van der Waals surface area contributed by atoms with Crippen molar-refractivity contribution in [2.75, 3.05) is 40.6 Å². The van der Waals surface area contributed by atoms with E-state index in [1.807, 2.05) is 0 Å². The number of carboxylic acids is 1. The van der Waals surface area contributed by atoms with Gasteiger partial charge in [-0.1, -0.05) is 13.8 Å². The summed E-state index contributed by atoms with van der Waals surface area (Å²) >= 11 is 0. The van der Waals surface area contributed by atoms with Gasteiger partial charge in [-0.15, -0.1) is 0 Å². The summed E-state index contributed by atoms with van der Waals surface area (Å²) in [5.74, 6) is -0.581. The van der Waals surface area contributed by atoms with E-state index in [4.69, 9.17) is 30.8 Å². The highest BCUT2D eigenvalue weighted by Gasteiger charge is 2.63. The Kier molecular flexibility index (Phi) is 16.7. The number of nitriles is 2. The molecule has 5 N–H and O–H groups in total. The van der Waals surface area contributed by atoms with Crippen LogP contribution in [0.2, 0.25) is 0 Å². The fraction of sp³-hybridized carbons (Fsp3) is 0.800. The van der Waals surface area contributed by atoms with Crippen LogP contribution in [-0.2, 0) is 33.3 Å². The molecule has 0 aromatic heterocycles. The lowest BCUT2D eigenvalue weighted by Gasteiger charge is -2.36. The van der Waals surface area contributed by atoms with Crippen LogP contribution in [0.15, 0.2) is 0 Å². The molecule has 0 amide bonds. The number of carbonyl (C=O) groups is 2. The first-order valence-corrected chi connectivity index (χ1v) is 10.1. The third kappa shape index (κ3) is 9.66. The fourth-order valence-corrected chi connectivity index (χ4v) is 3.01. The third-order valence-corrected chi connectivity index (χ3v) is 5.16. The van der Waals surface area contributed by atoms with Crippen LogP contribution in [-0.4, -0.2) is 69.0 Å². The minimum absolute atomic E-state index is 0.0359. The van der Waals surface area contributed by atoms with Gasteiger partial charge in [0.05, 0.1) is 33.2 Å². The Morgan fingerprint density at radius 2 is 1.66 bits per heavy atom. The van der Waals surface area contributed by atoms with Crippen molar-refractivity contribution in [3.05, 3.63) is 0 Å². The number of methoxy groups -OCH3 is 1. The van der Waals surface area contributed by atoms with Crippen molar-refractivity contribution in [2.24, 2.45) is 23.3 Å². The van der Waals surface area contributed by atoms with E-state index >= 15 is 0 Å². The maximum Gasteiger partial charge on any atom is 0.309 e. The van der Waals surface area contributed by atoms with Crippen molar-refractivity contribution in [3.8, 4) is 12.5 Å². The fourth-order valence-electron chi connectivity index (χ4n) is 3.01. The van der Waals surface area contributed by atoms with E-state index in [1.165, 1.54) is 26.7 Å². The molecule has 0 spiro atoms. The molecular weight excluding hydrogens is 424 g/mol. The van der Waals surface area contributed by atoms with Gasteiger partial charge in [0.2, 0.25) is 0 Å². The van der Waals surface area contributed by atoms with E-state index in [0.717, 1.165) is 19.6 Å². The number of carboxylic acid groups (broad SMARTS) is 1. The summed E-state index contributed by atoms with van der Waals surface area (Å²) in [5.41, 5.74) is 9.99.